The summed E-state index contributed by atoms with van der Waals surface area (Å²) in [4.78, 5) is 17.0. The van der Waals surface area contributed by atoms with E-state index in [1.54, 1.807) is 30.5 Å². The van der Waals surface area contributed by atoms with Crippen LogP contribution in [0, 0.1) is 11.7 Å². The maximum Gasteiger partial charge on any atom is 0.252 e. The maximum atomic E-state index is 13.1. The Kier molecular flexibility index (Phi) is 5.13. The van der Waals surface area contributed by atoms with E-state index >= 15 is 0 Å². The van der Waals surface area contributed by atoms with Crippen molar-refractivity contribution in [3.8, 4) is 11.3 Å². The molecule has 0 aliphatic carbocycles. The molecular formula is C20H21FN4O2. The number of pyridine rings is 1. The minimum absolute atomic E-state index is 0.127. The lowest BCUT2D eigenvalue weighted by Gasteiger charge is -2.14. The number of hydrogen-bond acceptors (Lipinski definition) is 4. The van der Waals surface area contributed by atoms with Crippen LogP contribution in [0.15, 0.2) is 48.8 Å². The molecule has 2 aromatic heterocycles. The number of benzene rings is 1. The van der Waals surface area contributed by atoms with Gasteiger partial charge in [-0.15, -0.1) is 0 Å². The first kappa shape index (κ1) is 17.6. The van der Waals surface area contributed by atoms with Gasteiger partial charge in [-0.25, -0.2) is 9.37 Å². The molecule has 140 valence electrons. The van der Waals surface area contributed by atoms with E-state index < -0.39 is 0 Å². The number of fused-ring (bicyclic) bond motifs is 1. The lowest BCUT2D eigenvalue weighted by Crippen LogP contribution is -2.35. The summed E-state index contributed by atoms with van der Waals surface area (Å²) in [5, 5.41) is 6.27. The van der Waals surface area contributed by atoms with Gasteiger partial charge >= 0.3 is 0 Å². The van der Waals surface area contributed by atoms with Crippen molar-refractivity contribution >= 4 is 11.6 Å². The Morgan fingerprint density at radius 2 is 2.11 bits per heavy atom. The third-order valence-electron chi connectivity index (χ3n) is 4.61. The number of aromatic nitrogens is 2. The second-order valence-corrected chi connectivity index (χ2v) is 6.67. The fourth-order valence-corrected chi connectivity index (χ4v) is 3.12. The Bertz CT molecular complexity index is 931. The Morgan fingerprint density at radius 3 is 2.96 bits per heavy atom. The third kappa shape index (κ3) is 4.15. The van der Waals surface area contributed by atoms with Gasteiger partial charge in [-0.3, -0.25) is 4.79 Å². The summed E-state index contributed by atoms with van der Waals surface area (Å²) < 4.78 is 20.4. The van der Waals surface area contributed by atoms with E-state index in [1.807, 2.05) is 10.6 Å². The third-order valence-corrected chi connectivity index (χ3v) is 4.61. The number of rotatable bonds is 4. The summed E-state index contributed by atoms with van der Waals surface area (Å²) in [6.07, 6.45) is 3.59. The second-order valence-electron chi connectivity index (χ2n) is 6.67. The van der Waals surface area contributed by atoms with Gasteiger partial charge in [0.15, 0.2) is 0 Å². The van der Waals surface area contributed by atoms with Gasteiger partial charge in [0.25, 0.3) is 5.91 Å². The maximum absolute atomic E-state index is 13.1. The molecule has 0 bridgehead atoms. The molecule has 1 unspecified atom stereocenters. The predicted octanol–water partition coefficient (Wildman–Crippen LogP) is 2.11. The highest BCUT2D eigenvalue weighted by atomic mass is 19.1. The highest BCUT2D eigenvalue weighted by molar-refractivity contribution is 5.94. The minimum Gasteiger partial charge on any atom is -0.380 e. The molecule has 1 aromatic carbocycles. The Morgan fingerprint density at radius 1 is 1.26 bits per heavy atom. The number of halogens is 1. The molecule has 1 fully saturated rings. The zero-order valence-electron chi connectivity index (χ0n) is 14.8. The minimum atomic E-state index is -0.282. The van der Waals surface area contributed by atoms with Crippen LogP contribution >= 0.6 is 0 Å². The number of amides is 1. The molecule has 1 atom stereocenters. The Balaban J connectivity index is 1.47. The lowest BCUT2D eigenvalue weighted by atomic mass is 10.1. The van der Waals surface area contributed by atoms with Gasteiger partial charge in [0.05, 0.1) is 24.5 Å². The number of carbonyl (C=O) groups is 1. The van der Waals surface area contributed by atoms with Crippen molar-refractivity contribution in [3.05, 3.63) is 60.2 Å². The number of carbonyl (C=O) groups excluding carboxylic acids is 1. The number of hydrogen-bond donors (Lipinski definition) is 2. The summed E-state index contributed by atoms with van der Waals surface area (Å²) in [7, 11) is 0. The van der Waals surface area contributed by atoms with E-state index in [-0.39, 0.29) is 17.6 Å². The van der Waals surface area contributed by atoms with Crippen molar-refractivity contribution in [1.82, 2.24) is 20.0 Å². The molecule has 3 heterocycles. The lowest BCUT2D eigenvalue weighted by molar-refractivity contribution is 0.0921. The zero-order valence-corrected chi connectivity index (χ0v) is 14.8. The molecule has 1 amide bonds. The predicted molar refractivity (Wildman–Crippen MR) is 100 cm³/mol. The molecule has 0 saturated carbocycles. The summed E-state index contributed by atoms with van der Waals surface area (Å²) in [5.41, 5.74) is 2.85. The number of nitrogens with zero attached hydrogens (tertiary/aromatic N) is 2. The molecule has 27 heavy (non-hydrogen) atoms. The average molecular weight is 368 g/mol. The topological polar surface area (TPSA) is 67.7 Å². The molecule has 1 saturated heterocycles. The monoisotopic (exact) mass is 368 g/mol. The molecule has 1 aliphatic rings. The molecular weight excluding hydrogens is 347 g/mol. The van der Waals surface area contributed by atoms with Crippen LogP contribution in [0.25, 0.3) is 16.9 Å². The first-order chi connectivity index (χ1) is 13.2. The molecule has 6 nitrogen and oxygen atoms in total. The summed E-state index contributed by atoms with van der Waals surface area (Å²) >= 11 is 0. The van der Waals surface area contributed by atoms with E-state index in [9.17, 15) is 9.18 Å². The Labute approximate surface area is 156 Å². The second kappa shape index (κ2) is 7.85. The molecule has 7 heteroatoms. The van der Waals surface area contributed by atoms with Gasteiger partial charge in [-0.05, 0) is 36.4 Å². The molecule has 4 rings (SSSR count). The number of nitrogens with one attached hydrogen (secondary N) is 2. The van der Waals surface area contributed by atoms with Crippen molar-refractivity contribution in [2.75, 3.05) is 32.8 Å². The average Bonchev–Trinajstić information content (AvgIpc) is 2.93. The first-order valence-electron chi connectivity index (χ1n) is 9.00. The van der Waals surface area contributed by atoms with Crippen LogP contribution in [0.5, 0.6) is 0 Å². The smallest absolute Gasteiger partial charge is 0.252 e. The highest BCUT2D eigenvalue weighted by Gasteiger charge is 2.15. The van der Waals surface area contributed by atoms with Crippen LogP contribution in [-0.4, -0.2) is 48.1 Å². The zero-order chi connectivity index (χ0) is 18.6. The van der Waals surface area contributed by atoms with Crippen molar-refractivity contribution in [1.29, 1.82) is 0 Å². The van der Waals surface area contributed by atoms with Crippen LogP contribution in [0.4, 0.5) is 4.39 Å². The van der Waals surface area contributed by atoms with E-state index in [4.69, 9.17) is 4.74 Å². The van der Waals surface area contributed by atoms with Gasteiger partial charge in [0.2, 0.25) is 0 Å². The Hall–Kier alpha value is -2.77. The summed E-state index contributed by atoms with van der Waals surface area (Å²) in [6.45, 7) is 3.60. The SMILES string of the molecule is O=C(NCC1CNCCOC1)c1ccc2nc(-c3ccc(F)cc3)cn2c1. The van der Waals surface area contributed by atoms with E-state index in [0.717, 1.165) is 30.0 Å². The standard InChI is InChI=1S/C20H21FN4O2/c21-17-4-1-15(2-5-17)18-12-25-11-16(3-6-19(25)24-18)20(26)23-10-14-9-22-7-8-27-13-14/h1-6,11-12,14,22H,7-10,13H2,(H,23,26). The molecule has 2 N–H and O–H groups in total. The van der Waals surface area contributed by atoms with Crippen LogP contribution in [-0.2, 0) is 4.74 Å². The van der Waals surface area contributed by atoms with Crippen LogP contribution < -0.4 is 10.6 Å². The number of imidazole rings is 1. The fraction of sp³-hybridized carbons (Fsp3) is 0.300. The van der Waals surface area contributed by atoms with Gasteiger partial charge < -0.3 is 19.8 Å². The van der Waals surface area contributed by atoms with Crippen molar-refractivity contribution in [3.63, 3.8) is 0 Å². The largest absolute Gasteiger partial charge is 0.380 e. The molecule has 1 aliphatic heterocycles. The van der Waals surface area contributed by atoms with Gasteiger partial charge in [0, 0.05) is 43.5 Å². The van der Waals surface area contributed by atoms with E-state index in [2.05, 4.69) is 15.6 Å². The quantitative estimate of drug-likeness (QED) is 0.740. The van der Waals surface area contributed by atoms with Crippen molar-refractivity contribution in [2.24, 2.45) is 5.92 Å². The van der Waals surface area contributed by atoms with Gasteiger partial charge in [-0.2, -0.15) is 0 Å². The highest BCUT2D eigenvalue weighted by Crippen LogP contribution is 2.20. The molecule has 3 aromatic rings. The summed E-state index contributed by atoms with van der Waals surface area (Å²) in [6, 6.07) is 9.75. The fourth-order valence-electron chi connectivity index (χ4n) is 3.12. The normalized spacial score (nSPS) is 17.6. The van der Waals surface area contributed by atoms with Gasteiger partial charge in [-0.1, -0.05) is 0 Å². The van der Waals surface area contributed by atoms with Crippen LogP contribution in [0.1, 0.15) is 10.4 Å². The van der Waals surface area contributed by atoms with Crippen LogP contribution in [0.3, 0.4) is 0 Å². The first-order valence-corrected chi connectivity index (χ1v) is 9.00. The van der Waals surface area contributed by atoms with E-state index in [0.29, 0.717) is 25.3 Å². The van der Waals surface area contributed by atoms with Crippen LogP contribution in [0.2, 0.25) is 0 Å². The molecule has 0 radical (unpaired) electrons. The molecule has 0 spiro atoms. The number of ether oxygens (including phenoxy) is 1. The summed E-state index contributed by atoms with van der Waals surface area (Å²) in [5.74, 6) is -0.146. The van der Waals surface area contributed by atoms with Crippen molar-refractivity contribution in [2.45, 2.75) is 0 Å². The van der Waals surface area contributed by atoms with Gasteiger partial charge in [0.1, 0.15) is 11.5 Å². The van der Waals surface area contributed by atoms with Crippen molar-refractivity contribution < 1.29 is 13.9 Å². The van der Waals surface area contributed by atoms with E-state index in [1.165, 1.54) is 12.1 Å².